The van der Waals surface area contributed by atoms with Gasteiger partial charge in [0.15, 0.2) is 0 Å². The Bertz CT molecular complexity index is 277. The van der Waals surface area contributed by atoms with Gasteiger partial charge in [-0.2, -0.15) is 0 Å². The van der Waals surface area contributed by atoms with Gasteiger partial charge in [0.25, 0.3) is 0 Å². The summed E-state index contributed by atoms with van der Waals surface area (Å²) in [4.78, 5) is 2.41. The van der Waals surface area contributed by atoms with Crippen molar-refractivity contribution >= 4 is 0 Å². The summed E-state index contributed by atoms with van der Waals surface area (Å²) in [5, 5.41) is 8.76. The van der Waals surface area contributed by atoms with Crippen molar-refractivity contribution in [2.75, 3.05) is 19.7 Å². The highest BCUT2D eigenvalue weighted by Gasteiger charge is 2.00. The Morgan fingerprint density at radius 1 is 1.00 bits per heavy atom. The van der Waals surface area contributed by atoms with Crippen LogP contribution in [0.3, 0.4) is 0 Å². The zero-order valence-corrected chi connectivity index (χ0v) is 10.4. The monoisotopic (exact) mass is 221 g/mol. The molecule has 0 atom stereocenters. The van der Waals surface area contributed by atoms with Crippen LogP contribution in [0.5, 0.6) is 0 Å². The van der Waals surface area contributed by atoms with Crippen molar-refractivity contribution in [1.29, 1.82) is 0 Å². The number of nitrogens with zero attached hydrogens (tertiary/aromatic N) is 1. The molecule has 0 aliphatic heterocycles. The molecule has 1 aromatic rings. The SMILES string of the molecule is CCN(CC)Cc1ccc(CCCO)cc1. The van der Waals surface area contributed by atoms with E-state index in [2.05, 4.69) is 43.0 Å². The highest BCUT2D eigenvalue weighted by molar-refractivity contribution is 5.22. The fraction of sp³-hybridized carbons (Fsp3) is 0.571. The summed E-state index contributed by atoms with van der Waals surface area (Å²) in [5.41, 5.74) is 2.69. The van der Waals surface area contributed by atoms with Gasteiger partial charge in [-0.05, 0) is 37.1 Å². The van der Waals surface area contributed by atoms with E-state index in [1.807, 2.05) is 0 Å². The highest BCUT2D eigenvalue weighted by Crippen LogP contribution is 2.09. The first-order valence-corrected chi connectivity index (χ1v) is 6.21. The van der Waals surface area contributed by atoms with Gasteiger partial charge in [0.1, 0.15) is 0 Å². The Hall–Kier alpha value is -0.860. The summed E-state index contributed by atoms with van der Waals surface area (Å²) in [6, 6.07) is 8.75. The minimum Gasteiger partial charge on any atom is -0.396 e. The molecule has 0 unspecified atom stereocenters. The molecule has 0 saturated carbocycles. The minimum absolute atomic E-state index is 0.279. The van der Waals surface area contributed by atoms with Crippen molar-refractivity contribution in [3.05, 3.63) is 35.4 Å². The van der Waals surface area contributed by atoms with E-state index < -0.39 is 0 Å². The Kier molecular flexibility index (Phi) is 6.12. The Labute approximate surface area is 98.9 Å². The zero-order valence-electron chi connectivity index (χ0n) is 10.4. The molecule has 2 heteroatoms. The Balaban J connectivity index is 2.50. The van der Waals surface area contributed by atoms with Crippen molar-refractivity contribution < 1.29 is 5.11 Å². The van der Waals surface area contributed by atoms with Crippen LogP contribution in [0, 0.1) is 0 Å². The largest absolute Gasteiger partial charge is 0.396 e. The fourth-order valence-electron chi connectivity index (χ4n) is 1.80. The predicted octanol–water partition coefficient (Wildman–Crippen LogP) is 2.45. The average molecular weight is 221 g/mol. The first-order chi connectivity index (χ1) is 7.80. The molecule has 90 valence electrons. The highest BCUT2D eigenvalue weighted by atomic mass is 16.2. The van der Waals surface area contributed by atoms with Gasteiger partial charge in [-0.1, -0.05) is 38.1 Å². The summed E-state index contributed by atoms with van der Waals surface area (Å²) in [5.74, 6) is 0. The maximum Gasteiger partial charge on any atom is 0.0434 e. The third-order valence-electron chi connectivity index (χ3n) is 2.95. The lowest BCUT2D eigenvalue weighted by molar-refractivity contribution is 0.288. The van der Waals surface area contributed by atoms with Crippen molar-refractivity contribution in [1.82, 2.24) is 4.90 Å². The third-order valence-corrected chi connectivity index (χ3v) is 2.95. The lowest BCUT2D eigenvalue weighted by atomic mass is 10.1. The molecule has 1 aromatic carbocycles. The van der Waals surface area contributed by atoms with Gasteiger partial charge in [0, 0.05) is 13.2 Å². The molecule has 0 heterocycles. The first-order valence-electron chi connectivity index (χ1n) is 6.21. The summed E-state index contributed by atoms with van der Waals surface area (Å²) >= 11 is 0. The topological polar surface area (TPSA) is 23.5 Å². The molecule has 0 aliphatic carbocycles. The van der Waals surface area contributed by atoms with Crippen LogP contribution in [-0.4, -0.2) is 29.7 Å². The molecule has 0 saturated heterocycles. The first kappa shape index (κ1) is 13.2. The lowest BCUT2D eigenvalue weighted by Crippen LogP contribution is -2.21. The Morgan fingerprint density at radius 3 is 2.06 bits per heavy atom. The van der Waals surface area contributed by atoms with Gasteiger partial charge in [0.05, 0.1) is 0 Å². The summed E-state index contributed by atoms with van der Waals surface area (Å²) < 4.78 is 0. The second kappa shape index (κ2) is 7.42. The van der Waals surface area contributed by atoms with Gasteiger partial charge >= 0.3 is 0 Å². The van der Waals surface area contributed by atoms with Crippen LogP contribution >= 0.6 is 0 Å². The summed E-state index contributed by atoms with van der Waals surface area (Å²) in [6.45, 7) is 7.90. The van der Waals surface area contributed by atoms with Crippen LogP contribution in [0.4, 0.5) is 0 Å². The molecule has 0 aliphatic rings. The molecule has 0 spiro atoms. The second-order valence-corrected chi connectivity index (χ2v) is 4.11. The van der Waals surface area contributed by atoms with Crippen LogP contribution in [0.1, 0.15) is 31.4 Å². The number of aliphatic hydroxyl groups is 1. The van der Waals surface area contributed by atoms with E-state index in [4.69, 9.17) is 5.11 Å². The van der Waals surface area contributed by atoms with Crippen molar-refractivity contribution in [2.45, 2.75) is 33.2 Å². The number of hydrogen-bond donors (Lipinski definition) is 1. The van der Waals surface area contributed by atoms with Crippen molar-refractivity contribution in [3.63, 3.8) is 0 Å². The molecule has 16 heavy (non-hydrogen) atoms. The normalized spacial score (nSPS) is 11.0. The van der Waals surface area contributed by atoms with Crippen LogP contribution in [0.15, 0.2) is 24.3 Å². The Morgan fingerprint density at radius 2 is 1.56 bits per heavy atom. The maximum atomic E-state index is 8.76. The van der Waals surface area contributed by atoms with E-state index in [0.29, 0.717) is 0 Å². The standard InChI is InChI=1S/C14H23NO/c1-3-15(4-2)12-14-9-7-13(8-10-14)6-5-11-16/h7-10,16H,3-6,11-12H2,1-2H3. The maximum absolute atomic E-state index is 8.76. The predicted molar refractivity (Wildman–Crippen MR) is 68.5 cm³/mol. The number of aliphatic hydroxyl groups excluding tert-OH is 1. The molecule has 1 rings (SSSR count). The molecule has 2 nitrogen and oxygen atoms in total. The van der Waals surface area contributed by atoms with Gasteiger partial charge in [-0.15, -0.1) is 0 Å². The number of aryl methyl sites for hydroxylation is 1. The second-order valence-electron chi connectivity index (χ2n) is 4.11. The number of rotatable bonds is 7. The number of hydrogen-bond acceptors (Lipinski definition) is 2. The quantitative estimate of drug-likeness (QED) is 0.764. The van der Waals surface area contributed by atoms with E-state index >= 15 is 0 Å². The van der Waals surface area contributed by atoms with E-state index in [1.54, 1.807) is 0 Å². The fourth-order valence-corrected chi connectivity index (χ4v) is 1.80. The molecule has 0 bridgehead atoms. The van der Waals surface area contributed by atoms with E-state index in [0.717, 1.165) is 32.5 Å². The van der Waals surface area contributed by atoms with E-state index in [-0.39, 0.29) is 6.61 Å². The molecule has 1 N–H and O–H groups in total. The summed E-state index contributed by atoms with van der Waals surface area (Å²) in [7, 11) is 0. The molecule has 0 amide bonds. The van der Waals surface area contributed by atoms with Gasteiger partial charge in [0.2, 0.25) is 0 Å². The lowest BCUT2D eigenvalue weighted by Gasteiger charge is -2.18. The summed E-state index contributed by atoms with van der Waals surface area (Å²) in [6.07, 6.45) is 1.83. The molecule has 0 aromatic heterocycles. The third kappa shape index (κ3) is 4.33. The average Bonchev–Trinajstić information content (AvgIpc) is 2.35. The molecule has 0 radical (unpaired) electrons. The molecular formula is C14H23NO. The van der Waals surface area contributed by atoms with Crippen molar-refractivity contribution in [3.8, 4) is 0 Å². The van der Waals surface area contributed by atoms with Crippen molar-refractivity contribution in [2.24, 2.45) is 0 Å². The van der Waals surface area contributed by atoms with Crippen LogP contribution < -0.4 is 0 Å². The molecular weight excluding hydrogens is 198 g/mol. The zero-order chi connectivity index (χ0) is 11.8. The van der Waals surface area contributed by atoms with E-state index in [1.165, 1.54) is 11.1 Å². The smallest absolute Gasteiger partial charge is 0.0434 e. The van der Waals surface area contributed by atoms with E-state index in [9.17, 15) is 0 Å². The number of benzene rings is 1. The van der Waals surface area contributed by atoms with Gasteiger partial charge in [-0.3, -0.25) is 4.90 Å². The van der Waals surface area contributed by atoms with Crippen LogP contribution in [0.25, 0.3) is 0 Å². The minimum atomic E-state index is 0.279. The van der Waals surface area contributed by atoms with Gasteiger partial charge in [-0.25, -0.2) is 0 Å². The van der Waals surface area contributed by atoms with Crippen LogP contribution in [-0.2, 0) is 13.0 Å². The van der Waals surface area contributed by atoms with Gasteiger partial charge < -0.3 is 5.11 Å². The molecule has 0 fully saturated rings. The van der Waals surface area contributed by atoms with Crippen LogP contribution in [0.2, 0.25) is 0 Å².